The molecule has 2 unspecified atom stereocenters. The molecular weight excluding hydrogens is 228 g/mol. The quantitative estimate of drug-likeness (QED) is 0.768. The van der Waals surface area contributed by atoms with Crippen LogP contribution in [-0.2, 0) is 9.53 Å². The zero-order valence-corrected chi connectivity index (χ0v) is 10.7. The minimum Gasteiger partial charge on any atom is -0.384 e. The van der Waals surface area contributed by atoms with Crippen molar-refractivity contribution in [2.75, 3.05) is 20.3 Å². The van der Waals surface area contributed by atoms with Crippen LogP contribution < -0.4 is 11.1 Å². The lowest BCUT2D eigenvalue weighted by molar-refractivity contribution is -0.123. The van der Waals surface area contributed by atoms with Gasteiger partial charge >= 0.3 is 0 Å². The summed E-state index contributed by atoms with van der Waals surface area (Å²) in [6, 6.07) is 0.285. The Bertz CT molecular complexity index is 202. The van der Waals surface area contributed by atoms with Crippen LogP contribution >= 0.6 is 12.4 Å². The van der Waals surface area contributed by atoms with Gasteiger partial charge in [0.1, 0.15) is 0 Å². The zero-order valence-electron chi connectivity index (χ0n) is 9.91. The fraction of sp³-hybridized carbons (Fsp3) is 0.909. The molecule has 5 heteroatoms. The molecule has 0 bridgehead atoms. The second-order valence-electron chi connectivity index (χ2n) is 4.20. The van der Waals surface area contributed by atoms with Crippen molar-refractivity contribution in [1.29, 1.82) is 0 Å². The highest BCUT2D eigenvalue weighted by atomic mass is 35.5. The Labute approximate surface area is 104 Å². The largest absolute Gasteiger partial charge is 0.384 e. The van der Waals surface area contributed by atoms with Crippen LogP contribution in [-0.4, -0.2) is 32.2 Å². The Balaban J connectivity index is 0.00000225. The third-order valence-electron chi connectivity index (χ3n) is 3.09. The third kappa shape index (κ3) is 5.14. The van der Waals surface area contributed by atoms with E-state index in [9.17, 15) is 4.79 Å². The molecule has 0 aromatic rings. The molecular formula is C11H23ClN2O2. The van der Waals surface area contributed by atoms with E-state index in [1.165, 1.54) is 12.8 Å². The number of hydrogen-bond acceptors (Lipinski definition) is 3. The van der Waals surface area contributed by atoms with Gasteiger partial charge in [0.2, 0.25) is 5.91 Å². The Kier molecular flexibility index (Phi) is 8.61. The summed E-state index contributed by atoms with van der Waals surface area (Å²) in [6.07, 6.45) is 5.11. The number of hydrogen-bond donors (Lipinski definition) is 2. The lowest BCUT2D eigenvalue weighted by atomic mass is 9.84. The lowest BCUT2D eigenvalue weighted by Crippen LogP contribution is -2.44. The van der Waals surface area contributed by atoms with Crippen molar-refractivity contribution in [1.82, 2.24) is 5.32 Å². The summed E-state index contributed by atoms with van der Waals surface area (Å²) in [5.74, 6) is 0.549. The maximum absolute atomic E-state index is 11.5. The smallest absolute Gasteiger partial charge is 0.222 e. The molecule has 0 aliphatic heterocycles. The van der Waals surface area contributed by atoms with Crippen LogP contribution in [0.25, 0.3) is 0 Å². The topological polar surface area (TPSA) is 64.3 Å². The monoisotopic (exact) mass is 250 g/mol. The number of halogens is 1. The number of carbonyl (C=O) groups excluding carboxylic acids is 1. The molecule has 0 heterocycles. The van der Waals surface area contributed by atoms with Crippen molar-refractivity contribution in [2.45, 2.75) is 38.1 Å². The van der Waals surface area contributed by atoms with E-state index in [1.807, 2.05) is 0 Å². The summed E-state index contributed by atoms with van der Waals surface area (Å²) in [5, 5.41) is 3.06. The van der Waals surface area contributed by atoms with Gasteiger partial charge < -0.3 is 15.8 Å². The van der Waals surface area contributed by atoms with E-state index in [-0.39, 0.29) is 24.4 Å². The molecule has 0 saturated heterocycles. The number of nitrogens with two attached hydrogens (primary N) is 1. The molecule has 4 nitrogen and oxygen atoms in total. The minimum atomic E-state index is 0. The molecule has 1 aliphatic carbocycles. The second kappa shape index (κ2) is 8.79. The van der Waals surface area contributed by atoms with Gasteiger partial charge in [-0.1, -0.05) is 12.8 Å². The Hall–Kier alpha value is -0.320. The average molecular weight is 251 g/mol. The number of amides is 1. The number of ether oxygens (including phenoxy) is 1. The van der Waals surface area contributed by atoms with Gasteiger partial charge in [-0.3, -0.25) is 4.79 Å². The fourth-order valence-corrected chi connectivity index (χ4v) is 2.15. The van der Waals surface area contributed by atoms with E-state index in [0.717, 1.165) is 12.8 Å². The number of carbonyl (C=O) groups is 1. The highest BCUT2D eigenvalue weighted by Crippen LogP contribution is 2.23. The fourth-order valence-electron chi connectivity index (χ4n) is 2.15. The van der Waals surface area contributed by atoms with E-state index in [0.29, 0.717) is 25.5 Å². The first kappa shape index (κ1) is 15.7. The number of rotatable bonds is 5. The number of nitrogens with one attached hydrogen (secondary N) is 1. The second-order valence-corrected chi connectivity index (χ2v) is 4.20. The van der Waals surface area contributed by atoms with Crippen molar-refractivity contribution >= 4 is 18.3 Å². The molecule has 2 atom stereocenters. The summed E-state index contributed by atoms with van der Waals surface area (Å²) >= 11 is 0. The Morgan fingerprint density at radius 3 is 2.75 bits per heavy atom. The van der Waals surface area contributed by atoms with Gasteiger partial charge in [0, 0.05) is 19.6 Å². The van der Waals surface area contributed by atoms with Crippen molar-refractivity contribution in [2.24, 2.45) is 11.7 Å². The SMILES string of the molecule is COCCC(=O)NC1CCCCC1CN.Cl. The van der Waals surface area contributed by atoms with Gasteiger partial charge in [-0.2, -0.15) is 0 Å². The summed E-state index contributed by atoms with van der Waals surface area (Å²) in [7, 11) is 1.61. The minimum absolute atomic E-state index is 0. The zero-order chi connectivity index (χ0) is 11.1. The maximum Gasteiger partial charge on any atom is 0.222 e. The third-order valence-corrected chi connectivity index (χ3v) is 3.09. The molecule has 0 aromatic heterocycles. The first-order valence-electron chi connectivity index (χ1n) is 5.76. The Morgan fingerprint density at radius 1 is 1.44 bits per heavy atom. The summed E-state index contributed by atoms with van der Waals surface area (Å²) < 4.78 is 4.87. The molecule has 16 heavy (non-hydrogen) atoms. The van der Waals surface area contributed by atoms with Gasteiger partial charge in [-0.15, -0.1) is 12.4 Å². The van der Waals surface area contributed by atoms with Crippen LogP contribution in [0.5, 0.6) is 0 Å². The van der Waals surface area contributed by atoms with Crippen molar-refractivity contribution < 1.29 is 9.53 Å². The molecule has 0 spiro atoms. The first-order chi connectivity index (χ1) is 7.27. The van der Waals surface area contributed by atoms with E-state index >= 15 is 0 Å². The van der Waals surface area contributed by atoms with Gasteiger partial charge in [-0.05, 0) is 25.3 Å². The van der Waals surface area contributed by atoms with E-state index in [4.69, 9.17) is 10.5 Å². The summed E-state index contributed by atoms with van der Waals surface area (Å²) in [4.78, 5) is 11.5. The van der Waals surface area contributed by atoms with Crippen LogP contribution in [0.4, 0.5) is 0 Å². The highest BCUT2D eigenvalue weighted by molar-refractivity contribution is 5.85. The Morgan fingerprint density at radius 2 is 2.12 bits per heavy atom. The molecule has 3 N–H and O–H groups in total. The van der Waals surface area contributed by atoms with Crippen molar-refractivity contribution in [3.8, 4) is 0 Å². The lowest BCUT2D eigenvalue weighted by Gasteiger charge is -2.31. The molecule has 1 amide bonds. The molecule has 96 valence electrons. The number of methoxy groups -OCH3 is 1. The molecule has 0 aromatic carbocycles. The predicted molar refractivity (Wildman–Crippen MR) is 66.7 cm³/mol. The van der Waals surface area contributed by atoms with E-state index < -0.39 is 0 Å². The van der Waals surface area contributed by atoms with Crippen LogP contribution in [0.3, 0.4) is 0 Å². The summed E-state index contributed by atoms with van der Waals surface area (Å²) in [5.41, 5.74) is 5.69. The predicted octanol–water partition coefficient (Wildman–Crippen LogP) is 1.08. The van der Waals surface area contributed by atoms with E-state index in [2.05, 4.69) is 5.32 Å². The molecule has 1 saturated carbocycles. The van der Waals surface area contributed by atoms with Crippen molar-refractivity contribution in [3.05, 3.63) is 0 Å². The van der Waals surface area contributed by atoms with Gasteiger partial charge in [0.15, 0.2) is 0 Å². The van der Waals surface area contributed by atoms with Crippen molar-refractivity contribution in [3.63, 3.8) is 0 Å². The van der Waals surface area contributed by atoms with Crippen LogP contribution in [0.15, 0.2) is 0 Å². The summed E-state index contributed by atoms with van der Waals surface area (Å²) in [6.45, 7) is 1.17. The average Bonchev–Trinajstić information content (AvgIpc) is 2.27. The van der Waals surface area contributed by atoms with Crippen LogP contribution in [0, 0.1) is 5.92 Å². The van der Waals surface area contributed by atoms with E-state index in [1.54, 1.807) is 7.11 Å². The maximum atomic E-state index is 11.5. The molecule has 0 radical (unpaired) electrons. The normalized spacial score (nSPS) is 24.6. The van der Waals surface area contributed by atoms with Gasteiger partial charge in [0.25, 0.3) is 0 Å². The van der Waals surface area contributed by atoms with Gasteiger partial charge in [-0.25, -0.2) is 0 Å². The molecule has 1 aliphatic rings. The van der Waals surface area contributed by atoms with Crippen LogP contribution in [0.1, 0.15) is 32.1 Å². The highest BCUT2D eigenvalue weighted by Gasteiger charge is 2.24. The molecule has 1 fully saturated rings. The first-order valence-corrected chi connectivity index (χ1v) is 5.76. The molecule has 1 rings (SSSR count). The standard InChI is InChI=1S/C11H22N2O2.ClH/c1-15-7-6-11(14)13-10-5-3-2-4-9(10)8-12;/h9-10H,2-8,12H2,1H3,(H,13,14);1H. The van der Waals surface area contributed by atoms with Gasteiger partial charge in [0.05, 0.1) is 6.61 Å². The van der Waals surface area contributed by atoms with Crippen LogP contribution in [0.2, 0.25) is 0 Å².